The molecule has 15 heavy (non-hydrogen) atoms. The highest BCUT2D eigenvalue weighted by molar-refractivity contribution is 5.80. The van der Waals surface area contributed by atoms with Crippen molar-refractivity contribution < 1.29 is 14.5 Å². The van der Waals surface area contributed by atoms with Crippen LogP contribution in [-0.2, 0) is 9.59 Å². The van der Waals surface area contributed by atoms with Crippen LogP contribution in [-0.4, -0.2) is 31.4 Å². The molecule has 0 atom stereocenters. The number of piperidine rings is 1. The molecule has 0 unspecified atom stereocenters. The van der Waals surface area contributed by atoms with Crippen LogP contribution in [0.1, 0.15) is 19.3 Å². The van der Waals surface area contributed by atoms with Gasteiger partial charge in [-0.3, -0.25) is 9.59 Å². The second kappa shape index (κ2) is 5.70. The maximum atomic E-state index is 11.6. The van der Waals surface area contributed by atoms with Crippen LogP contribution in [0.25, 0.3) is 0 Å². The second-order valence-corrected chi connectivity index (χ2v) is 4.03. The van der Waals surface area contributed by atoms with Crippen molar-refractivity contribution >= 4 is 11.8 Å². The van der Waals surface area contributed by atoms with Gasteiger partial charge in [-0.25, -0.2) is 0 Å². The smallest absolute Gasteiger partial charge is 0.223 e. The molecular formula is C10H19N3O2. The molecule has 0 aromatic heterocycles. The third kappa shape index (κ3) is 4.29. The summed E-state index contributed by atoms with van der Waals surface area (Å²) in [5, 5.41) is 2.73. The molecule has 5 nitrogen and oxygen atoms in total. The van der Waals surface area contributed by atoms with Crippen LogP contribution in [0.5, 0.6) is 0 Å². The Bertz CT molecular complexity index is 235. The number of nitrogens with two attached hydrogens (primary N) is 1. The summed E-state index contributed by atoms with van der Waals surface area (Å²) in [6.45, 7) is 2.23. The van der Waals surface area contributed by atoms with Gasteiger partial charge in [0.1, 0.15) is 0 Å². The molecule has 0 aromatic rings. The standard InChI is InChI=1S/C10H19N3O2/c1-13-6-3-8(4-7-13)10(15)12-5-2-9(11)14/h8,13H,1-7H2,(H2,11,14)(H,12,15). The van der Waals surface area contributed by atoms with E-state index < -0.39 is 0 Å². The number of hydrogen-bond donors (Lipinski definition) is 3. The fourth-order valence-electron chi connectivity index (χ4n) is 1.74. The van der Waals surface area contributed by atoms with Gasteiger partial charge in [0.2, 0.25) is 11.8 Å². The first-order valence-electron chi connectivity index (χ1n) is 5.32. The van der Waals surface area contributed by atoms with Gasteiger partial charge >= 0.3 is 0 Å². The first kappa shape index (κ1) is 12.0. The zero-order chi connectivity index (χ0) is 11.3. The van der Waals surface area contributed by atoms with E-state index in [9.17, 15) is 9.59 Å². The molecule has 1 fully saturated rings. The maximum absolute atomic E-state index is 11.6. The lowest BCUT2D eigenvalue weighted by Crippen LogP contribution is -3.08. The topological polar surface area (TPSA) is 76.6 Å². The molecule has 5 heteroatoms. The Labute approximate surface area is 90.0 Å². The Morgan fingerprint density at radius 3 is 2.53 bits per heavy atom. The van der Waals surface area contributed by atoms with E-state index in [1.54, 1.807) is 0 Å². The van der Waals surface area contributed by atoms with Crippen molar-refractivity contribution in [2.45, 2.75) is 19.3 Å². The van der Waals surface area contributed by atoms with E-state index in [4.69, 9.17) is 5.73 Å². The summed E-state index contributed by atoms with van der Waals surface area (Å²) in [7, 11) is 3.90. The molecule has 1 saturated heterocycles. The molecule has 1 aliphatic heterocycles. The van der Waals surface area contributed by atoms with Gasteiger partial charge in [0.05, 0.1) is 13.1 Å². The monoisotopic (exact) mass is 213 g/mol. The Hall–Kier alpha value is -1.10. The van der Waals surface area contributed by atoms with Crippen LogP contribution in [0.3, 0.4) is 0 Å². The van der Waals surface area contributed by atoms with Crippen LogP contribution in [0, 0.1) is 13.0 Å². The minimum atomic E-state index is -0.382. The summed E-state index contributed by atoms with van der Waals surface area (Å²) in [6, 6.07) is 0. The minimum absolute atomic E-state index is 0.0451. The van der Waals surface area contributed by atoms with E-state index in [0.717, 1.165) is 25.9 Å². The summed E-state index contributed by atoms with van der Waals surface area (Å²) in [4.78, 5) is 23.3. The average Bonchev–Trinajstić information content (AvgIpc) is 2.18. The first-order valence-corrected chi connectivity index (χ1v) is 5.32. The molecule has 0 saturated carbocycles. The van der Waals surface area contributed by atoms with Crippen molar-refractivity contribution in [3.63, 3.8) is 0 Å². The van der Waals surface area contributed by atoms with Crippen molar-refractivity contribution in [1.82, 2.24) is 5.32 Å². The van der Waals surface area contributed by atoms with Gasteiger partial charge in [0.15, 0.2) is 0 Å². The lowest BCUT2D eigenvalue weighted by Gasteiger charge is -2.30. The quantitative estimate of drug-likeness (QED) is 0.475. The number of carbonyl (C=O) groups is 2. The number of primary amides is 1. The van der Waals surface area contributed by atoms with Crippen LogP contribution in [0.2, 0.25) is 0 Å². The summed E-state index contributed by atoms with van der Waals surface area (Å²) in [5.74, 6) is -0.251. The van der Waals surface area contributed by atoms with E-state index in [1.165, 1.54) is 4.90 Å². The van der Waals surface area contributed by atoms with Gasteiger partial charge in [-0.15, -0.1) is 0 Å². The molecule has 2 amide bonds. The lowest BCUT2D eigenvalue weighted by atomic mass is 9.96. The Morgan fingerprint density at radius 1 is 1.40 bits per heavy atom. The number of hydrogen-bond acceptors (Lipinski definition) is 2. The van der Waals surface area contributed by atoms with Gasteiger partial charge in [0.25, 0.3) is 0 Å². The number of quaternary nitrogens is 1. The van der Waals surface area contributed by atoms with Crippen molar-refractivity contribution in [2.24, 2.45) is 11.7 Å². The number of amides is 2. The van der Waals surface area contributed by atoms with E-state index in [1.807, 2.05) is 0 Å². The van der Waals surface area contributed by atoms with Gasteiger partial charge in [-0.2, -0.15) is 7.05 Å². The Kier molecular flexibility index (Phi) is 4.55. The molecule has 4 N–H and O–H groups in total. The summed E-state index contributed by atoms with van der Waals surface area (Å²) in [6.07, 6.45) is 1.97. The van der Waals surface area contributed by atoms with Crippen LogP contribution < -0.4 is 16.0 Å². The summed E-state index contributed by atoms with van der Waals surface area (Å²) in [5.41, 5.74) is 4.97. The minimum Gasteiger partial charge on any atom is -0.468 e. The zero-order valence-electron chi connectivity index (χ0n) is 8.92. The largest absolute Gasteiger partial charge is 0.468 e. The number of rotatable bonds is 4. The van der Waals surface area contributed by atoms with E-state index in [-0.39, 0.29) is 24.2 Å². The van der Waals surface area contributed by atoms with Crippen molar-refractivity contribution in [1.29, 1.82) is 0 Å². The number of likely N-dealkylation sites (tertiary alicyclic amines) is 1. The highest BCUT2D eigenvalue weighted by Gasteiger charge is 2.23. The number of carbonyl (C=O) groups excluding carboxylic acids is 2. The third-order valence-electron chi connectivity index (χ3n) is 2.73. The van der Waals surface area contributed by atoms with Crippen molar-refractivity contribution in [2.75, 3.05) is 19.6 Å². The van der Waals surface area contributed by atoms with Crippen molar-refractivity contribution in [3.8, 4) is 0 Å². The van der Waals surface area contributed by atoms with Gasteiger partial charge in [-0.1, -0.05) is 0 Å². The molecule has 1 heterocycles. The van der Waals surface area contributed by atoms with E-state index in [0.29, 0.717) is 6.54 Å². The normalized spacial score (nSPS) is 25.9. The van der Waals surface area contributed by atoms with Gasteiger partial charge in [0, 0.05) is 31.7 Å². The molecule has 0 bridgehead atoms. The van der Waals surface area contributed by atoms with Crippen LogP contribution in [0.4, 0.5) is 0 Å². The predicted octanol–water partition coefficient (Wildman–Crippen LogP) is -1.94. The third-order valence-corrected chi connectivity index (χ3v) is 2.73. The molecule has 0 spiro atoms. The molecular weight excluding hydrogens is 194 g/mol. The predicted molar refractivity (Wildman–Crippen MR) is 55.6 cm³/mol. The van der Waals surface area contributed by atoms with Gasteiger partial charge in [-0.05, 0) is 0 Å². The molecule has 86 valence electrons. The number of nitrogens with one attached hydrogen (secondary N) is 2. The molecule has 0 radical (unpaired) electrons. The molecule has 0 aliphatic carbocycles. The Balaban J connectivity index is 2.19. The highest BCUT2D eigenvalue weighted by atomic mass is 16.2. The fraction of sp³-hybridized carbons (Fsp3) is 0.700. The fourth-order valence-corrected chi connectivity index (χ4v) is 1.74. The first-order chi connectivity index (χ1) is 7.09. The molecule has 1 aliphatic rings. The van der Waals surface area contributed by atoms with E-state index in [2.05, 4.69) is 12.4 Å². The van der Waals surface area contributed by atoms with Gasteiger partial charge < -0.3 is 16.0 Å². The summed E-state index contributed by atoms with van der Waals surface area (Å²) >= 11 is 0. The second-order valence-electron chi connectivity index (χ2n) is 4.03. The highest BCUT2D eigenvalue weighted by Crippen LogP contribution is 2.08. The van der Waals surface area contributed by atoms with Crippen LogP contribution in [0.15, 0.2) is 0 Å². The van der Waals surface area contributed by atoms with Crippen LogP contribution >= 0.6 is 0 Å². The van der Waals surface area contributed by atoms with E-state index >= 15 is 0 Å². The Morgan fingerprint density at radius 2 is 2.00 bits per heavy atom. The molecule has 0 aromatic carbocycles. The zero-order valence-corrected chi connectivity index (χ0v) is 8.92. The molecule has 1 rings (SSSR count). The average molecular weight is 213 g/mol. The maximum Gasteiger partial charge on any atom is 0.223 e. The van der Waals surface area contributed by atoms with Crippen molar-refractivity contribution in [3.05, 3.63) is 7.05 Å². The lowest BCUT2D eigenvalue weighted by molar-refractivity contribution is -0.860. The SMILES string of the molecule is [CH2-][NH+]1CCC(C(=O)NCCC(N)=O)CC1. The summed E-state index contributed by atoms with van der Waals surface area (Å²) < 4.78 is 0.